The van der Waals surface area contributed by atoms with Crippen molar-refractivity contribution in [3.05, 3.63) is 59.7 Å². The van der Waals surface area contributed by atoms with E-state index in [1.54, 1.807) is 0 Å². The molecule has 4 nitrogen and oxygen atoms in total. The smallest absolute Gasteiger partial charge is 0.119 e. The maximum absolute atomic E-state index is 5.89. The highest BCUT2D eigenvalue weighted by atomic mass is 32.2. The molecular weight excluding hydrogens is 489 g/mol. The Balaban J connectivity index is 0.00000352. The minimum Gasteiger partial charge on any atom is -0.494 e. The van der Waals surface area contributed by atoms with E-state index in [9.17, 15) is 0 Å². The van der Waals surface area contributed by atoms with Crippen LogP contribution in [0.4, 0.5) is 0 Å². The number of hydrogen-bond acceptors (Lipinski definition) is 5. The SMILES string of the molecule is CC.[B]CCCCOc1cccc(CN(C)CCOCCOc2ccc(C(C)(C)CSCCCC)cc2)c1. The summed E-state index contributed by atoms with van der Waals surface area (Å²) >= 11 is 2.05. The van der Waals surface area contributed by atoms with Gasteiger partial charge in [0.2, 0.25) is 0 Å². The van der Waals surface area contributed by atoms with Gasteiger partial charge in [-0.3, -0.25) is 4.90 Å². The molecule has 6 heteroatoms. The minimum atomic E-state index is 0.172. The molecule has 0 unspecified atom stereocenters. The largest absolute Gasteiger partial charge is 0.494 e. The fourth-order valence-electron chi connectivity index (χ4n) is 3.76. The molecule has 2 aromatic carbocycles. The molecule has 0 aromatic heterocycles. The molecular formula is C32H52BNO3S. The lowest BCUT2D eigenvalue weighted by Gasteiger charge is -2.25. The van der Waals surface area contributed by atoms with Crippen LogP contribution in [0.1, 0.15) is 71.4 Å². The summed E-state index contributed by atoms with van der Waals surface area (Å²) < 4.78 is 17.5. The summed E-state index contributed by atoms with van der Waals surface area (Å²) in [7, 11) is 7.65. The van der Waals surface area contributed by atoms with E-state index in [0.717, 1.165) is 43.2 Å². The number of thioether (sulfide) groups is 1. The number of rotatable bonds is 20. The van der Waals surface area contributed by atoms with Crippen LogP contribution in [0, 0.1) is 0 Å². The summed E-state index contributed by atoms with van der Waals surface area (Å²) in [6, 6.07) is 16.9. The molecule has 0 N–H and O–H groups in total. The average molecular weight is 542 g/mol. The van der Waals surface area contributed by atoms with Crippen LogP contribution in [-0.4, -0.2) is 64.3 Å². The molecule has 0 amide bonds. The van der Waals surface area contributed by atoms with E-state index in [0.29, 0.717) is 32.7 Å². The van der Waals surface area contributed by atoms with Gasteiger partial charge in [0.15, 0.2) is 0 Å². The first-order valence-corrected chi connectivity index (χ1v) is 15.6. The molecule has 0 atom stereocenters. The molecule has 0 aliphatic rings. The molecule has 0 saturated carbocycles. The summed E-state index contributed by atoms with van der Waals surface area (Å²) in [6.07, 6.45) is 5.26. The molecule has 0 aliphatic carbocycles. The second kappa shape index (κ2) is 21.2. The molecule has 212 valence electrons. The number of nitrogens with zero attached hydrogens (tertiary/aromatic N) is 1. The van der Waals surface area contributed by atoms with Gasteiger partial charge in [-0.25, -0.2) is 0 Å². The van der Waals surface area contributed by atoms with Crippen LogP contribution in [-0.2, 0) is 16.7 Å². The van der Waals surface area contributed by atoms with Crippen LogP contribution in [0.3, 0.4) is 0 Å². The lowest BCUT2D eigenvalue weighted by molar-refractivity contribution is 0.0836. The monoisotopic (exact) mass is 541 g/mol. The van der Waals surface area contributed by atoms with Crippen molar-refractivity contribution < 1.29 is 14.2 Å². The molecule has 0 aliphatic heterocycles. The fourth-order valence-corrected chi connectivity index (χ4v) is 5.08. The van der Waals surface area contributed by atoms with Gasteiger partial charge in [0.1, 0.15) is 18.1 Å². The van der Waals surface area contributed by atoms with Gasteiger partial charge < -0.3 is 14.2 Å². The predicted octanol–water partition coefficient (Wildman–Crippen LogP) is 7.80. The number of likely N-dealkylation sites (N-methyl/N-ethyl adjacent to an activating group) is 1. The summed E-state index contributed by atoms with van der Waals surface area (Å²) in [5, 5.41) is 0. The summed E-state index contributed by atoms with van der Waals surface area (Å²) in [5.41, 5.74) is 2.77. The molecule has 38 heavy (non-hydrogen) atoms. The van der Waals surface area contributed by atoms with Gasteiger partial charge in [-0.15, -0.1) is 0 Å². The Bertz CT molecular complexity index is 832. The molecule has 0 fully saturated rings. The number of unbranched alkanes of at least 4 members (excludes halogenated alkanes) is 2. The maximum Gasteiger partial charge on any atom is 0.119 e. The van der Waals surface area contributed by atoms with Gasteiger partial charge in [-0.2, -0.15) is 11.8 Å². The van der Waals surface area contributed by atoms with Crippen molar-refractivity contribution in [1.29, 1.82) is 0 Å². The Kier molecular flexibility index (Phi) is 19.2. The van der Waals surface area contributed by atoms with E-state index in [1.165, 1.54) is 29.7 Å². The third-order valence-corrected chi connectivity index (χ3v) is 7.58. The fraction of sp³-hybridized carbons (Fsp3) is 0.625. The van der Waals surface area contributed by atoms with Crippen molar-refractivity contribution in [3.63, 3.8) is 0 Å². The average Bonchev–Trinajstić information content (AvgIpc) is 2.93. The topological polar surface area (TPSA) is 30.9 Å². The minimum absolute atomic E-state index is 0.172. The first-order chi connectivity index (χ1) is 18.4. The standard InChI is InChI=1S/C30H46BNO3S.C2H6/c1-5-6-22-36-25-30(2,3)27-12-14-28(15-13-27)35-21-20-33-19-17-32(4)24-26-10-9-11-29(23-26)34-18-8-7-16-31;1-2/h9-15,23H,5-8,16-22,24-25H2,1-4H3;1-2H3. The molecule has 0 spiro atoms. The van der Waals surface area contributed by atoms with Crippen LogP contribution >= 0.6 is 11.8 Å². The van der Waals surface area contributed by atoms with Crippen molar-refractivity contribution in [1.82, 2.24) is 4.90 Å². The van der Waals surface area contributed by atoms with Crippen LogP contribution in [0.5, 0.6) is 11.5 Å². The second-order valence-corrected chi connectivity index (χ2v) is 11.1. The van der Waals surface area contributed by atoms with Gasteiger partial charge in [0, 0.05) is 18.8 Å². The molecule has 2 rings (SSSR count). The van der Waals surface area contributed by atoms with Crippen molar-refractivity contribution >= 4 is 19.6 Å². The van der Waals surface area contributed by atoms with Crippen LogP contribution in [0.25, 0.3) is 0 Å². The van der Waals surface area contributed by atoms with Crippen molar-refractivity contribution in [2.45, 2.75) is 78.6 Å². The Labute approximate surface area is 239 Å². The predicted molar refractivity (Wildman–Crippen MR) is 167 cm³/mol. The third kappa shape index (κ3) is 15.1. The van der Waals surface area contributed by atoms with E-state index in [1.807, 2.05) is 19.9 Å². The van der Waals surface area contributed by atoms with Gasteiger partial charge in [0.05, 0.1) is 27.7 Å². The number of ether oxygens (including phenoxy) is 3. The summed E-state index contributed by atoms with van der Waals surface area (Å²) in [6.45, 7) is 15.2. The summed E-state index contributed by atoms with van der Waals surface area (Å²) in [5.74, 6) is 4.21. The Morgan fingerprint density at radius 2 is 1.61 bits per heavy atom. The van der Waals surface area contributed by atoms with E-state index >= 15 is 0 Å². The first kappa shape index (κ1) is 34.4. The quantitative estimate of drug-likeness (QED) is 0.126. The lowest BCUT2D eigenvalue weighted by Crippen LogP contribution is -2.23. The number of hydrogen-bond donors (Lipinski definition) is 0. The van der Waals surface area contributed by atoms with E-state index in [-0.39, 0.29) is 5.41 Å². The van der Waals surface area contributed by atoms with Crippen LogP contribution in [0.15, 0.2) is 48.5 Å². The molecule has 0 saturated heterocycles. The van der Waals surface area contributed by atoms with Crippen LogP contribution in [0.2, 0.25) is 6.32 Å². The molecule has 0 heterocycles. The molecule has 2 radical (unpaired) electrons. The van der Waals surface area contributed by atoms with Gasteiger partial charge in [0.25, 0.3) is 0 Å². The highest BCUT2D eigenvalue weighted by Crippen LogP contribution is 2.29. The normalized spacial score (nSPS) is 11.2. The van der Waals surface area contributed by atoms with E-state index < -0.39 is 0 Å². The first-order valence-electron chi connectivity index (χ1n) is 14.4. The zero-order valence-electron chi connectivity index (χ0n) is 25.0. The van der Waals surface area contributed by atoms with Gasteiger partial charge in [-0.1, -0.05) is 78.0 Å². The van der Waals surface area contributed by atoms with Gasteiger partial charge >= 0.3 is 0 Å². The lowest BCUT2D eigenvalue weighted by atomic mass is 9.87. The van der Waals surface area contributed by atoms with Crippen molar-refractivity contribution in [2.24, 2.45) is 0 Å². The highest BCUT2D eigenvalue weighted by Gasteiger charge is 2.20. The second-order valence-electron chi connectivity index (χ2n) is 10.0. The zero-order chi connectivity index (χ0) is 28.1. The van der Waals surface area contributed by atoms with Crippen LogP contribution < -0.4 is 9.47 Å². The maximum atomic E-state index is 5.89. The third-order valence-electron chi connectivity index (χ3n) is 6.07. The molecule has 0 bridgehead atoms. The zero-order valence-corrected chi connectivity index (χ0v) is 25.8. The van der Waals surface area contributed by atoms with E-state index in [4.69, 9.17) is 22.1 Å². The Morgan fingerprint density at radius 1 is 0.868 bits per heavy atom. The summed E-state index contributed by atoms with van der Waals surface area (Å²) in [4.78, 5) is 2.26. The van der Waals surface area contributed by atoms with Crippen molar-refractivity contribution in [2.75, 3.05) is 51.5 Å². The Morgan fingerprint density at radius 3 is 2.32 bits per heavy atom. The molecule has 2 aromatic rings. The van der Waals surface area contributed by atoms with E-state index in [2.05, 4.69) is 86.9 Å². The number of benzene rings is 2. The highest BCUT2D eigenvalue weighted by molar-refractivity contribution is 7.99. The van der Waals surface area contributed by atoms with Gasteiger partial charge in [-0.05, 0) is 66.4 Å². The van der Waals surface area contributed by atoms with Crippen molar-refractivity contribution in [3.8, 4) is 11.5 Å². The Hall–Kier alpha value is -1.63.